The van der Waals surface area contributed by atoms with Crippen molar-refractivity contribution in [2.24, 2.45) is 0 Å². The number of carbonyl (C=O) groups excluding carboxylic acids is 1. The molecule has 0 aliphatic carbocycles. The van der Waals surface area contributed by atoms with Crippen LogP contribution in [0.3, 0.4) is 0 Å². The summed E-state index contributed by atoms with van der Waals surface area (Å²) >= 11 is 1.16. The zero-order valence-electron chi connectivity index (χ0n) is 15.7. The van der Waals surface area contributed by atoms with Gasteiger partial charge in [-0.05, 0) is 32.0 Å². The minimum Gasteiger partial charge on any atom is -0.325 e. The fourth-order valence-electron chi connectivity index (χ4n) is 2.69. The van der Waals surface area contributed by atoms with Gasteiger partial charge in [-0.3, -0.25) is 19.5 Å². The van der Waals surface area contributed by atoms with E-state index in [9.17, 15) is 19.3 Å². The third kappa shape index (κ3) is 4.77. The van der Waals surface area contributed by atoms with E-state index < -0.39 is 10.7 Å². The number of aromatic nitrogens is 3. The Balaban J connectivity index is 1.74. The van der Waals surface area contributed by atoms with E-state index in [1.165, 1.54) is 24.3 Å². The molecule has 0 radical (unpaired) electrons. The Morgan fingerprint density at radius 2 is 2.00 bits per heavy atom. The lowest BCUT2D eigenvalue weighted by Crippen LogP contribution is -2.15. The van der Waals surface area contributed by atoms with Gasteiger partial charge < -0.3 is 5.32 Å². The standard InChI is InChI=1S/C19H18FN5O3S/c1-12(2)24-18(15-8-3-4-9-16(15)20)22-23-19(24)29-11-17(26)21-13-6-5-7-14(10-13)25(27)28/h3-10,12H,11H2,1-2H3,(H,21,26). The number of halogens is 1. The number of non-ortho nitro benzene ring substituents is 1. The lowest BCUT2D eigenvalue weighted by Gasteiger charge is -2.14. The van der Waals surface area contributed by atoms with Crippen LogP contribution < -0.4 is 5.32 Å². The van der Waals surface area contributed by atoms with Crippen LogP contribution in [-0.2, 0) is 4.79 Å². The fraction of sp³-hybridized carbons (Fsp3) is 0.211. The quantitative estimate of drug-likeness (QED) is 0.350. The van der Waals surface area contributed by atoms with Gasteiger partial charge in [0.15, 0.2) is 11.0 Å². The molecule has 0 aliphatic rings. The van der Waals surface area contributed by atoms with Crippen molar-refractivity contribution < 1.29 is 14.1 Å². The van der Waals surface area contributed by atoms with Crippen LogP contribution in [0, 0.1) is 15.9 Å². The topological polar surface area (TPSA) is 103 Å². The number of benzene rings is 2. The number of hydrogen-bond acceptors (Lipinski definition) is 6. The molecule has 0 saturated heterocycles. The number of amides is 1. The van der Waals surface area contributed by atoms with E-state index in [0.717, 1.165) is 11.8 Å². The molecule has 0 saturated carbocycles. The normalized spacial score (nSPS) is 10.9. The first-order valence-electron chi connectivity index (χ1n) is 8.73. The van der Waals surface area contributed by atoms with Crippen LogP contribution in [0.25, 0.3) is 11.4 Å². The van der Waals surface area contributed by atoms with Gasteiger partial charge in [0, 0.05) is 23.9 Å². The van der Waals surface area contributed by atoms with Crippen LogP contribution in [0.15, 0.2) is 53.7 Å². The first-order valence-corrected chi connectivity index (χ1v) is 9.72. The van der Waals surface area contributed by atoms with Crippen LogP contribution in [0.5, 0.6) is 0 Å². The SMILES string of the molecule is CC(C)n1c(SCC(=O)Nc2cccc([N+](=O)[O-])c2)nnc1-c1ccccc1F. The Hall–Kier alpha value is -3.27. The molecule has 0 spiro atoms. The molecule has 10 heteroatoms. The van der Waals surface area contributed by atoms with E-state index in [1.54, 1.807) is 28.8 Å². The largest absolute Gasteiger partial charge is 0.325 e. The molecule has 1 N–H and O–H groups in total. The molecule has 0 bridgehead atoms. The number of nitro benzene ring substituents is 1. The lowest BCUT2D eigenvalue weighted by molar-refractivity contribution is -0.384. The third-order valence-corrected chi connectivity index (χ3v) is 4.91. The van der Waals surface area contributed by atoms with Crippen LogP contribution >= 0.6 is 11.8 Å². The Bertz CT molecular complexity index is 1050. The van der Waals surface area contributed by atoms with Gasteiger partial charge in [0.25, 0.3) is 5.69 Å². The molecule has 3 rings (SSSR count). The van der Waals surface area contributed by atoms with Gasteiger partial charge in [-0.2, -0.15) is 0 Å². The molecular formula is C19H18FN5O3S. The molecule has 0 atom stereocenters. The maximum Gasteiger partial charge on any atom is 0.271 e. The highest BCUT2D eigenvalue weighted by molar-refractivity contribution is 7.99. The van der Waals surface area contributed by atoms with Crippen molar-refractivity contribution in [1.29, 1.82) is 0 Å². The Kier molecular flexibility index (Phi) is 6.23. The van der Waals surface area contributed by atoms with Gasteiger partial charge in [0.2, 0.25) is 5.91 Å². The monoisotopic (exact) mass is 415 g/mol. The summed E-state index contributed by atoms with van der Waals surface area (Å²) < 4.78 is 15.9. The Morgan fingerprint density at radius 1 is 1.24 bits per heavy atom. The van der Waals surface area contributed by atoms with Gasteiger partial charge in [-0.25, -0.2) is 4.39 Å². The predicted molar refractivity (Wildman–Crippen MR) is 108 cm³/mol. The maximum atomic E-state index is 14.2. The first-order chi connectivity index (χ1) is 13.9. The van der Waals surface area contributed by atoms with E-state index in [4.69, 9.17) is 0 Å². The number of carbonyl (C=O) groups is 1. The van der Waals surface area contributed by atoms with Crippen molar-refractivity contribution in [2.75, 3.05) is 11.1 Å². The summed E-state index contributed by atoms with van der Waals surface area (Å²) in [6.07, 6.45) is 0. The van der Waals surface area contributed by atoms with Gasteiger partial charge in [-0.15, -0.1) is 10.2 Å². The lowest BCUT2D eigenvalue weighted by atomic mass is 10.2. The molecule has 0 unspecified atom stereocenters. The van der Waals surface area contributed by atoms with E-state index in [2.05, 4.69) is 15.5 Å². The molecular weight excluding hydrogens is 397 g/mol. The van der Waals surface area contributed by atoms with Gasteiger partial charge >= 0.3 is 0 Å². The number of nitro groups is 1. The summed E-state index contributed by atoms with van der Waals surface area (Å²) in [5, 5.41) is 22.2. The molecule has 150 valence electrons. The van der Waals surface area contributed by atoms with Crippen molar-refractivity contribution in [3.05, 3.63) is 64.5 Å². The number of thioether (sulfide) groups is 1. The van der Waals surface area contributed by atoms with Crippen molar-refractivity contribution in [1.82, 2.24) is 14.8 Å². The molecule has 0 fully saturated rings. The van der Waals surface area contributed by atoms with E-state index in [1.807, 2.05) is 13.8 Å². The summed E-state index contributed by atoms with van der Waals surface area (Å²) in [4.78, 5) is 22.6. The molecule has 29 heavy (non-hydrogen) atoms. The fourth-order valence-corrected chi connectivity index (χ4v) is 3.56. The van der Waals surface area contributed by atoms with Crippen molar-refractivity contribution in [3.63, 3.8) is 0 Å². The molecule has 1 aromatic heterocycles. The summed E-state index contributed by atoms with van der Waals surface area (Å²) in [6.45, 7) is 3.84. The number of rotatable bonds is 7. The molecule has 2 aromatic carbocycles. The van der Waals surface area contributed by atoms with E-state index >= 15 is 0 Å². The maximum absolute atomic E-state index is 14.2. The van der Waals surface area contributed by atoms with Crippen LogP contribution in [0.4, 0.5) is 15.8 Å². The zero-order chi connectivity index (χ0) is 21.0. The molecule has 0 aliphatic heterocycles. The van der Waals surface area contributed by atoms with E-state index in [-0.39, 0.29) is 23.4 Å². The van der Waals surface area contributed by atoms with Gasteiger partial charge in [0.1, 0.15) is 5.82 Å². The molecule has 1 amide bonds. The Labute approximate surface area is 170 Å². The van der Waals surface area contributed by atoms with Crippen molar-refractivity contribution in [2.45, 2.75) is 25.0 Å². The first kappa shape index (κ1) is 20.5. The summed E-state index contributed by atoms with van der Waals surface area (Å²) in [7, 11) is 0. The van der Waals surface area contributed by atoms with Crippen molar-refractivity contribution in [3.8, 4) is 11.4 Å². The number of anilines is 1. The number of hydrogen-bond donors (Lipinski definition) is 1. The Morgan fingerprint density at radius 3 is 2.69 bits per heavy atom. The average Bonchev–Trinajstić information content (AvgIpc) is 3.11. The summed E-state index contributed by atoms with van der Waals surface area (Å²) in [5.41, 5.74) is 0.563. The van der Waals surface area contributed by atoms with Crippen molar-refractivity contribution >= 4 is 29.0 Å². The van der Waals surface area contributed by atoms with Gasteiger partial charge in [-0.1, -0.05) is 30.0 Å². The predicted octanol–water partition coefficient (Wildman–Crippen LogP) is 4.30. The highest BCUT2D eigenvalue weighted by Gasteiger charge is 2.20. The molecule has 1 heterocycles. The van der Waals surface area contributed by atoms with E-state index in [0.29, 0.717) is 22.2 Å². The minimum atomic E-state index is -0.528. The van der Waals surface area contributed by atoms with Crippen LogP contribution in [0.2, 0.25) is 0 Å². The minimum absolute atomic E-state index is 0.0187. The van der Waals surface area contributed by atoms with Crippen LogP contribution in [-0.4, -0.2) is 31.3 Å². The summed E-state index contributed by atoms with van der Waals surface area (Å²) in [5.74, 6) is -0.340. The highest BCUT2D eigenvalue weighted by atomic mass is 32.2. The smallest absolute Gasteiger partial charge is 0.271 e. The third-order valence-electron chi connectivity index (χ3n) is 3.97. The highest BCUT2D eigenvalue weighted by Crippen LogP contribution is 2.29. The average molecular weight is 415 g/mol. The summed E-state index contributed by atoms with van der Waals surface area (Å²) in [6, 6.07) is 12.0. The van der Waals surface area contributed by atoms with Gasteiger partial charge in [0.05, 0.1) is 16.2 Å². The van der Waals surface area contributed by atoms with Crippen LogP contribution in [0.1, 0.15) is 19.9 Å². The second kappa shape index (κ2) is 8.82. The second-order valence-electron chi connectivity index (χ2n) is 6.39. The number of nitrogens with zero attached hydrogens (tertiary/aromatic N) is 4. The molecule has 8 nitrogen and oxygen atoms in total. The number of nitrogens with one attached hydrogen (secondary N) is 1. The molecule has 3 aromatic rings. The zero-order valence-corrected chi connectivity index (χ0v) is 16.5. The second-order valence-corrected chi connectivity index (χ2v) is 7.34.